The molecule has 1 unspecified atom stereocenters. The second-order valence-corrected chi connectivity index (χ2v) is 10.0. The van der Waals surface area contributed by atoms with Crippen molar-refractivity contribution in [2.75, 3.05) is 13.1 Å². The van der Waals surface area contributed by atoms with Crippen LogP contribution in [-0.2, 0) is 17.9 Å². The van der Waals surface area contributed by atoms with Gasteiger partial charge in [0.25, 0.3) is 0 Å². The smallest absolute Gasteiger partial charge is 0.220 e. The van der Waals surface area contributed by atoms with Crippen molar-refractivity contribution < 1.29 is 9.90 Å². The molecule has 1 amide bonds. The minimum absolute atomic E-state index is 0.186. The molecular formula is C24H38N2O2. The van der Waals surface area contributed by atoms with Crippen molar-refractivity contribution in [3.8, 4) is 0 Å². The summed E-state index contributed by atoms with van der Waals surface area (Å²) in [6.45, 7) is 10.2. The molecule has 156 valence electrons. The highest BCUT2D eigenvalue weighted by molar-refractivity contribution is 5.76. The molecule has 1 aromatic rings. The number of rotatable bonds is 6. The number of carbonyl (C=O) groups excluding carboxylic acids is 1. The number of benzene rings is 1. The van der Waals surface area contributed by atoms with Crippen LogP contribution in [0, 0.1) is 17.3 Å². The van der Waals surface area contributed by atoms with Gasteiger partial charge in [0.2, 0.25) is 5.91 Å². The predicted octanol–water partition coefficient (Wildman–Crippen LogP) is 4.11. The molecule has 2 N–H and O–H groups in total. The van der Waals surface area contributed by atoms with Gasteiger partial charge in [-0.25, -0.2) is 0 Å². The number of hydrogen-bond acceptors (Lipinski definition) is 3. The zero-order valence-electron chi connectivity index (χ0n) is 17.9. The van der Waals surface area contributed by atoms with Crippen LogP contribution in [0.1, 0.15) is 70.4 Å². The van der Waals surface area contributed by atoms with Crippen molar-refractivity contribution in [2.24, 2.45) is 17.3 Å². The molecule has 28 heavy (non-hydrogen) atoms. The molecule has 1 saturated carbocycles. The van der Waals surface area contributed by atoms with E-state index in [0.29, 0.717) is 24.3 Å². The summed E-state index contributed by atoms with van der Waals surface area (Å²) < 4.78 is 0. The fourth-order valence-corrected chi connectivity index (χ4v) is 4.84. The summed E-state index contributed by atoms with van der Waals surface area (Å²) in [5.41, 5.74) is 2.83. The molecule has 0 aromatic heterocycles. The van der Waals surface area contributed by atoms with Gasteiger partial charge in [-0.3, -0.25) is 9.69 Å². The van der Waals surface area contributed by atoms with Crippen LogP contribution in [0.3, 0.4) is 0 Å². The number of nitrogens with one attached hydrogen (secondary N) is 1. The third-order valence-corrected chi connectivity index (χ3v) is 6.78. The SMILES string of the molecule is CC(C)(C)C1CCC(CC(=O)NCc2ccccc2CN2CCC(O)C2)CC1. The number of nitrogens with zero attached hydrogens (tertiary/aromatic N) is 1. The zero-order valence-corrected chi connectivity index (χ0v) is 17.9. The molecule has 1 atom stereocenters. The van der Waals surface area contributed by atoms with Crippen molar-refractivity contribution in [3.05, 3.63) is 35.4 Å². The van der Waals surface area contributed by atoms with Crippen LogP contribution >= 0.6 is 0 Å². The summed E-state index contributed by atoms with van der Waals surface area (Å²) in [7, 11) is 0. The van der Waals surface area contributed by atoms with Crippen LogP contribution in [0.2, 0.25) is 0 Å². The minimum atomic E-state index is -0.194. The molecule has 0 spiro atoms. The monoisotopic (exact) mass is 386 g/mol. The van der Waals surface area contributed by atoms with Crippen LogP contribution in [0.25, 0.3) is 0 Å². The van der Waals surface area contributed by atoms with Gasteiger partial charge in [-0.15, -0.1) is 0 Å². The average molecular weight is 387 g/mol. The third kappa shape index (κ3) is 6.05. The maximum atomic E-state index is 12.5. The Bertz CT molecular complexity index is 644. The van der Waals surface area contributed by atoms with Crippen molar-refractivity contribution in [1.29, 1.82) is 0 Å². The lowest BCUT2D eigenvalue weighted by molar-refractivity contribution is -0.122. The number of β-amino-alcohol motifs (C(OH)–C–C–N with tert-alkyl or cyclic N) is 1. The van der Waals surface area contributed by atoms with Gasteiger partial charge in [-0.1, -0.05) is 45.0 Å². The highest BCUT2D eigenvalue weighted by atomic mass is 16.3. The maximum Gasteiger partial charge on any atom is 0.220 e. The number of amides is 1. The molecule has 3 rings (SSSR count). The summed E-state index contributed by atoms with van der Waals surface area (Å²) in [5.74, 6) is 1.52. The van der Waals surface area contributed by atoms with Gasteiger partial charge in [0.05, 0.1) is 6.10 Å². The molecule has 1 heterocycles. The molecule has 4 nitrogen and oxygen atoms in total. The molecule has 0 radical (unpaired) electrons. The fourth-order valence-electron chi connectivity index (χ4n) is 4.84. The first-order valence-electron chi connectivity index (χ1n) is 11.0. The molecule has 1 aliphatic heterocycles. The highest BCUT2D eigenvalue weighted by Gasteiger charge is 2.30. The van der Waals surface area contributed by atoms with Crippen LogP contribution in [-0.4, -0.2) is 35.1 Å². The van der Waals surface area contributed by atoms with Gasteiger partial charge in [0.1, 0.15) is 0 Å². The highest BCUT2D eigenvalue weighted by Crippen LogP contribution is 2.40. The number of carbonyl (C=O) groups is 1. The molecular weight excluding hydrogens is 348 g/mol. The number of hydrogen-bond donors (Lipinski definition) is 2. The van der Waals surface area contributed by atoms with E-state index in [0.717, 1.165) is 32.0 Å². The Kier molecular flexibility index (Phi) is 7.16. The van der Waals surface area contributed by atoms with Crippen LogP contribution < -0.4 is 5.32 Å². The van der Waals surface area contributed by atoms with E-state index in [1.165, 1.54) is 36.8 Å². The Labute approximate surface area is 170 Å². The standard InChI is InChI=1S/C24H38N2O2/c1-24(2,3)21-10-8-18(9-11-21)14-23(28)25-15-19-6-4-5-7-20(19)16-26-13-12-22(27)17-26/h4-7,18,21-22,27H,8-17H2,1-3H3,(H,25,28). The number of likely N-dealkylation sites (tertiary alicyclic amines) is 1. The zero-order chi connectivity index (χ0) is 20.1. The second-order valence-electron chi connectivity index (χ2n) is 10.0. The van der Waals surface area contributed by atoms with E-state index in [-0.39, 0.29) is 12.0 Å². The number of aliphatic hydroxyl groups is 1. The van der Waals surface area contributed by atoms with E-state index >= 15 is 0 Å². The van der Waals surface area contributed by atoms with Crippen molar-refractivity contribution >= 4 is 5.91 Å². The molecule has 4 heteroatoms. The second kappa shape index (κ2) is 9.41. The fraction of sp³-hybridized carbons (Fsp3) is 0.708. The summed E-state index contributed by atoms with van der Waals surface area (Å²) in [6, 6.07) is 8.34. The van der Waals surface area contributed by atoms with E-state index < -0.39 is 0 Å². The quantitative estimate of drug-likeness (QED) is 0.773. The minimum Gasteiger partial charge on any atom is -0.392 e. The lowest BCUT2D eigenvalue weighted by Gasteiger charge is -2.36. The first kappa shape index (κ1) is 21.3. The largest absolute Gasteiger partial charge is 0.392 e. The van der Waals surface area contributed by atoms with Gasteiger partial charge in [0, 0.05) is 32.6 Å². The number of aliphatic hydroxyl groups excluding tert-OH is 1. The van der Waals surface area contributed by atoms with Crippen molar-refractivity contribution in [2.45, 2.75) is 78.5 Å². The summed E-state index contributed by atoms with van der Waals surface area (Å²) >= 11 is 0. The summed E-state index contributed by atoms with van der Waals surface area (Å²) in [6.07, 6.45) is 6.21. The van der Waals surface area contributed by atoms with Gasteiger partial charge < -0.3 is 10.4 Å². The lowest BCUT2D eigenvalue weighted by Crippen LogP contribution is -2.30. The van der Waals surface area contributed by atoms with Gasteiger partial charge in [-0.05, 0) is 60.5 Å². The molecule has 2 aliphatic rings. The van der Waals surface area contributed by atoms with Crippen LogP contribution in [0.5, 0.6) is 0 Å². The van der Waals surface area contributed by atoms with E-state index in [9.17, 15) is 9.90 Å². The maximum absolute atomic E-state index is 12.5. The molecule has 0 bridgehead atoms. The van der Waals surface area contributed by atoms with E-state index in [2.05, 4.69) is 49.2 Å². The molecule has 1 aromatic carbocycles. The summed E-state index contributed by atoms with van der Waals surface area (Å²) in [5, 5.41) is 12.9. The van der Waals surface area contributed by atoms with Crippen molar-refractivity contribution in [3.63, 3.8) is 0 Å². The molecule has 1 saturated heterocycles. The Morgan fingerprint density at radius 1 is 1.11 bits per heavy atom. The Morgan fingerprint density at radius 2 is 1.79 bits per heavy atom. The lowest BCUT2D eigenvalue weighted by atomic mass is 9.69. The summed E-state index contributed by atoms with van der Waals surface area (Å²) in [4.78, 5) is 14.8. The first-order valence-corrected chi connectivity index (χ1v) is 11.0. The van der Waals surface area contributed by atoms with Crippen molar-refractivity contribution in [1.82, 2.24) is 10.2 Å². The molecule has 1 aliphatic carbocycles. The molecule has 2 fully saturated rings. The van der Waals surface area contributed by atoms with Gasteiger partial charge in [-0.2, -0.15) is 0 Å². The topological polar surface area (TPSA) is 52.6 Å². The Morgan fingerprint density at radius 3 is 2.39 bits per heavy atom. The predicted molar refractivity (Wildman–Crippen MR) is 114 cm³/mol. The van der Waals surface area contributed by atoms with Gasteiger partial charge in [0.15, 0.2) is 0 Å². The van der Waals surface area contributed by atoms with E-state index in [4.69, 9.17) is 0 Å². The van der Waals surface area contributed by atoms with Gasteiger partial charge >= 0.3 is 0 Å². The van der Waals surface area contributed by atoms with Crippen LogP contribution in [0.15, 0.2) is 24.3 Å². The normalized spacial score (nSPS) is 26.4. The van der Waals surface area contributed by atoms with E-state index in [1.54, 1.807) is 0 Å². The average Bonchev–Trinajstić information content (AvgIpc) is 3.05. The third-order valence-electron chi connectivity index (χ3n) is 6.78. The first-order chi connectivity index (χ1) is 13.3. The van der Waals surface area contributed by atoms with E-state index in [1.807, 2.05) is 6.07 Å². The van der Waals surface area contributed by atoms with Crippen LogP contribution in [0.4, 0.5) is 0 Å². The Hall–Kier alpha value is -1.39. The Balaban J connectivity index is 1.45.